The highest BCUT2D eigenvalue weighted by Gasteiger charge is 2.41. The fraction of sp³-hybridized carbons (Fsp3) is 0.170. The van der Waals surface area contributed by atoms with Gasteiger partial charge in [-0.3, -0.25) is 0 Å². The van der Waals surface area contributed by atoms with Crippen LogP contribution in [0, 0.1) is 0 Å². The summed E-state index contributed by atoms with van der Waals surface area (Å²) in [7, 11) is 0. The molecule has 2 aliphatic rings. The first kappa shape index (κ1) is 32.0. The normalized spacial score (nSPS) is 14.7. The van der Waals surface area contributed by atoms with Crippen molar-refractivity contribution in [2.45, 2.75) is 58.3 Å². The maximum Gasteiger partial charge on any atom is 0.0159 e. The summed E-state index contributed by atoms with van der Waals surface area (Å²) in [6.07, 6.45) is 0. The molecule has 0 fully saturated rings. The van der Waals surface area contributed by atoms with Gasteiger partial charge in [0.2, 0.25) is 0 Å². The Morgan fingerprint density at radius 1 is 0.321 bits per heavy atom. The molecule has 0 saturated carbocycles. The first-order valence-electron chi connectivity index (χ1n) is 19.2. The highest BCUT2D eigenvalue weighted by molar-refractivity contribution is 5.94. The lowest BCUT2D eigenvalue weighted by molar-refractivity contribution is 0.639. The molecule has 0 atom stereocenters. The van der Waals surface area contributed by atoms with E-state index in [4.69, 9.17) is 0 Å². The van der Waals surface area contributed by atoms with Crippen LogP contribution in [0.5, 0.6) is 0 Å². The van der Waals surface area contributed by atoms with E-state index in [1.54, 1.807) is 0 Å². The van der Waals surface area contributed by atoms with Crippen LogP contribution in [0.1, 0.15) is 75.3 Å². The van der Waals surface area contributed by atoms with E-state index >= 15 is 0 Å². The lowest BCUT2D eigenvalue weighted by Gasteiger charge is -2.26. The molecule has 0 bridgehead atoms. The van der Waals surface area contributed by atoms with Gasteiger partial charge in [0.05, 0.1) is 0 Å². The summed E-state index contributed by atoms with van der Waals surface area (Å²) in [5.74, 6) is 0.419. The van der Waals surface area contributed by atoms with E-state index in [1.807, 2.05) is 0 Å². The molecule has 0 N–H and O–H groups in total. The number of hydrogen-bond acceptors (Lipinski definition) is 0. The number of fused-ring (bicyclic) bond motifs is 8. The van der Waals surface area contributed by atoms with Gasteiger partial charge in [-0.05, 0) is 147 Å². The van der Waals surface area contributed by atoms with Crippen molar-refractivity contribution in [3.63, 3.8) is 0 Å². The third kappa shape index (κ3) is 4.89. The van der Waals surface area contributed by atoms with E-state index in [9.17, 15) is 0 Å². The Morgan fingerprint density at radius 2 is 0.774 bits per heavy atom. The van der Waals surface area contributed by atoms with Gasteiger partial charge in [-0.1, -0.05) is 157 Å². The molecule has 0 aliphatic heterocycles. The minimum atomic E-state index is -0.0942. The van der Waals surface area contributed by atoms with Crippen LogP contribution in [0.4, 0.5) is 0 Å². The van der Waals surface area contributed by atoms with Gasteiger partial charge < -0.3 is 0 Å². The SMILES string of the molecule is CC(C)c1cc(-c2ccc3c(c2)C(C)(C)c2cc4c(cc2-3)-c2ccccc2C4(C)C)cc(-c2ccc3cc(-c4ccc5ccccc5c4)ccc3c2)c1. The van der Waals surface area contributed by atoms with Crippen LogP contribution in [0.15, 0.2) is 152 Å². The van der Waals surface area contributed by atoms with Crippen LogP contribution < -0.4 is 0 Å². The zero-order valence-electron chi connectivity index (χ0n) is 31.5. The minimum Gasteiger partial charge on any atom is -0.0619 e. The first-order valence-corrected chi connectivity index (χ1v) is 19.2. The van der Waals surface area contributed by atoms with E-state index in [1.165, 1.54) is 105 Å². The molecule has 256 valence electrons. The van der Waals surface area contributed by atoms with Crippen molar-refractivity contribution in [1.29, 1.82) is 0 Å². The van der Waals surface area contributed by atoms with E-state index < -0.39 is 0 Å². The van der Waals surface area contributed by atoms with Crippen LogP contribution in [-0.2, 0) is 10.8 Å². The summed E-state index contributed by atoms with van der Waals surface area (Å²) in [4.78, 5) is 0. The molecule has 0 amide bonds. The van der Waals surface area contributed by atoms with Crippen LogP contribution in [0.3, 0.4) is 0 Å². The maximum atomic E-state index is 2.53. The molecule has 0 unspecified atom stereocenters. The second-order valence-electron chi connectivity index (χ2n) is 16.8. The molecule has 0 heterocycles. The van der Waals surface area contributed by atoms with Gasteiger partial charge in [0.15, 0.2) is 0 Å². The highest BCUT2D eigenvalue weighted by Crippen LogP contribution is 2.56. The third-order valence-corrected chi connectivity index (χ3v) is 12.6. The average molecular weight is 681 g/mol. The molecule has 0 saturated heterocycles. The third-order valence-electron chi connectivity index (χ3n) is 12.6. The van der Waals surface area contributed by atoms with Gasteiger partial charge in [-0.15, -0.1) is 0 Å². The molecule has 53 heavy (non-hydrogen) atoms. The van der Waals surface area contributed by atoms with Gasteiger partial charge >= 0.3 is 0 Å². The first-order chi connectivity index (χ1) is 25.6. The van der Waals surface area contributed by atoms with Crippen molar-refractivity contribution in [3.05, 3.63) is 179 Å². The van der Waals surface area contributed by atoms with Crippen molar-refractivity contribution in [1.82, 2.24) is 0 Å². The fourth-order valence-electron chi connectivity index (χ4n) is 9.40. The van der Waals surface area contributed by atoms with Crippen molar-refractivity contribution in [2.75, 3.05) is 0 Å². The van der Waals surface area contributed by atoms with E-state index in [2.05, 4.69) is 193 Å². The Morgan fingerprint density at radius 3 is 1.42 bits per heavy atom. The zero-order valence-corrected chi connectivity index (χ0v) is 31.5. The number of benzene rings is 8. The van der Waals surface area contributed by atoms with E-state index in [0.29, 0.717) is 5.92 Å². The summed E-state index contributed by atoms with van der Waals surface area (Å²) >= 11 is 0. The molecule has 8 aromatic carbocycles. The van der Waals surface area contributed by atoms with Gasteiger partial charge in [-0.25, -0.2) is 0 Å². The van der Waals surface area contributed by atoms with Gasteiger partial charge in [0, 0.05) is 10.8 Å². The molecule has 0 aromatic heterocycles. The van der Waals surface area contributed by atoms with Crippen LogP contribution >= 0.6 is 0 Å². The quantitative estimate of drug-likeness (QED) is 0.174. The molecule has 0 radical (unpaired) electrons. The Bertz CT molecular complexity index is 2800. The summed E-state index contributed by atoms with van der Waals surface area (Å²) in [6, 6.07) is 57.6. The van der Waals surface area contributed by atoms with E-state index in [0.717, 1.165) is 0 Å². The Hall–Kier alpha value is -5.72. The summed E-state index contributed by atoms with van der Waals surface area (Å²) in [5.41, 5.74) is 20.2. The number of hydrogen-bond donors (Lipinski definition) is 0. The lowest BCUT2D eigenvalue weighted by Crippen LogP contribution is -2.18. The zero-order chi connectivity index (χ0) is 36.2. The predicted molar refractivity (Wildman–Crippen MR) is 227 cm³/mol. The van der Waals surface area contributed by atoms with Crippen molar-refractivity contribution in [2.24, 2.45) is 0 Å². The van der Waals surface area contributed by atoms with Crippen LogP contribution in [0.2, 0.25) is 0 Å². The molecular formula is C53H44. The monoisotopic (exact) mass is 680 g/mol. The van der Waals surface area contributed by atoms with Gasteiger partial charge in [0.1, 0.15) is 0 Å². The molecular weight excluding hydrogens is 637 g/mol. The molecule has 2 aliphatic carbocycles. The summed E-state index contributed by atoms with van der Waals surface area (Å²) in [5, 5.41) is 5.07. The van der Waals surface area contributed by atoms with Crippen molar-refractivity contribution >= 4 is 21.5 Å². The Labute approximate surface area is 313 Å². The second-order valence-corrected chi connectivity index (χ2v) is 16.8. The molecule has 0 nitrogen and oxygen atoms in total. The smallest absolute Gasteiger partial charge is 0.0159 e. The largest absolute Gasteiger partial charge is 0.0619 e. The van der Waals surface area contributed by atoms with Crippen molar-refractivity contribution < 1.29 is 0 Å². The van der Waals surface area contributed by atoms with Gasteiger partial charge in [-0.2, -0.15) is 0 Å². The topological polar surface area (TPSA) is 0 Å². The lowest BCUT2D eigenvalue weighted by atomic mass is 9.77. The van der Waals surface area contributed by atoms with Crippen molar-refractivity contribution in [3.8, 4) is 55.6 Å². The molecule has 0 spiro atoms. The minimum absolute atomic E-state index is 0.00700. The number of rotatable bonds is 4. The predicted octanol–water partition coefficient (Wildman–Crippen LogP) is 14.7. The molecule has 8 aromatic rings. The van der Waals surface area contributed by atoms with E-state index in [-0.39, 0.29) is 10.8 Å². The highest BCUT2D eigenvalue weighted by atomic mass is 14.4. The summed E-state index contributed by atoms with van der Waals surface area (Å²) < 4.78 is 0. The summed E-state index contributed by atoms with van der Waals surface area (Å²) in [6.45, 7) is 14.2. The Balaban J connectivity index is 1.03. The standard InChI is InChI=1S/C53H44/c1-32(2)41-26-42(39-20-19-37-24-36(17-18-38(37)25-39)35-16-15-33-11-7-8-12-34(33)23-35)28-43(27-41)40-21-22-45-47-30-46-44-13-9-10-14-48(44)52(3,4)50(46)31-51(47)53(5,6)49(45)29-40/h7-32H,1-6H3. The maximum absolute atomic E-state index is 2.53. The Kier molecular flexibility index (Phi) is 6.87. The second kappa shape index (κ2) is 11.4. The fourth-order valence-corrected chi connectivity index (χ4v) is 9.40. The average Bonchev–Trinajstić information content (AvgIpc) is 3.55. The molecule has 10 rings (SSSR count). The van der Waals surface area contributed by atoms with Gasteiger partial charge in [0.25, 0.3) is 0 Å². The van der Waals surface area contributed by atoms with Crippen LogP contribution in [0.25, 0.3) is 77.2 Å². The van der Waals surface area contributed by atoms with Crippen LogP contribution in [-0.4, -0.2) is 0 Å². The molecule has 0 heteroatoms.